The van der Waals surface area contributed by atoms with Crippen molar-refractivity contribution in [2.75, 3.05) is 0 Å². The molecule has 0 aliphatic heterocycles. The van der Waals surface area contributed by atoms with E-state index in [1.807, 2.05) is 4.68 Å². The van der Waals surface area contributed by atoms with Crippen molar-refractivity contribution >= 4 is 17.6 Å². The lowest BCUT2D eigenvalue weighted by atomic mass is 9.93. The second-order valence-corrected chi connectivity index (χ2v) is 6.67. The number of carbonyl (C=O) groups is 1. The fourth-order valence-corrected chi connectivity index (χ4v) is 3.00. The van der Waals surface area contributed by atoms with Crippen LogP contribution in [0.5, 0.6) is 0 Å². The Morgan fingerprint density at radius 2 is 1.96 bits per heavy atom. The maximum atomic E-state index is 12.6. The molecule has 0 amide bonds. The lowest BCUT2D eigenvalue weighted by Crippen LogP contribution is -2.27. The van der Waals surface area contributed by atoms with E-state index in [1.165, 1.54) is 12.3 Å². The van der Waals surface area contributed by atoms with Crippen LogP contribution >= 0.6 is 11.6 Å². The number of hydrogen-bond acceptors (Lipinski definition) is 4. The minimum absolute atomic E-state index is 0.331. The van der Waals surface area contributed by atoms with Gasteiger partial charge in [-0.05, 0) is 37.5 Å². The summed E-state index contributed by atoms with van der Waals surface area (Å²) in [6.45, 7) is 0. The van der Waals surface area contributed by atoms with Gasteiger partial charge in [0.05, 0.1) is 24.1 Å². The smallest absolute Gasteiger partial charge is 0.341 e. The molecule has 1 saturated carbocycles. The van der Waals surface area contributed by atoms with Crippen molar-refractivity contribution < 1.29 is 9.90 Å². The highest BCUT2D eigenvalue weighted by Crippen LogP contribution is 2.31. The monoisotopic (exact) mass is 370 g/mol. The third-order valence-electron chi connectivity index (χ3n) is 4.56. The summed E-state index contributed by atoms with van der Waals surface area (Å²) in [4.78, 5) is 24.1. The van der Waals surface area contributed by atoms with Crippen molar-refractivity contribution in [3.63, 3.8) is 0 Å². The van der Waals surface area contributed by atoms with Gasteiger partial charge in [0.15, 0.2) is 0 Å². The first kappa shape index (κ1) is 16.5. The van der Waals surface area contributed by atoms with Gasteiger partial charge in [-0.25, -0.2) is 4.79 Å². The van der Waals surface area contributed by atoms with Crippen molar-refractivity contribution in [2.45, 2.75) is 25.3 Å². The molecule has 0 radical (unpaired) electrons. The van der Waals surface area contributed by atoms with E-state index in [-0.39, 0.29) is 5.56 Å². The Balaban J connectivity index is 1.85. The SMILES string of the molecule is O=C(O)c1cc(-c2ccc(Cl)cc2)nn(-c2cnn(C3CCC3)c2)c1=O. The molecule has 0 saturated heterocycles. The van der Waals surface area contributed by atoms with Gasteiger partial charge in [0.1, 0.15) is 11.3 Å². The summed E-state index contributed by atoms with van der Waals surface area (Å²) in [5, 5.41) is 18.6. The molecule has 1 aliphatic rings. The minimum atomic E-state index is -1.30. The molecule has 8 heteroatoms. The van der Waals surface area contributed by atoms with E-state index in [0.29, 0.717) is 28.0 Å². The van der Waals surface area contributed by atoms with E-state index < -0.39 is 11.5 Å². The third kappa shape index (κ3) is 2.90. The minimum Gasteiger partial charge on any atom is -0.477 e. The first-order chi connectivity index (χ1) is 12.5. The van der Waals surface area contributed by atoms with Crippen LogP contribution in [0, 0.1) is 0 Å². The van der Waals surface area contributed by atoms with Gasteiger partial charge in [-0.15, -0.1) is 0 Å². The van der Waals surface area contributed by atoms with Gasteiger partial charge < -0.3 is 5.11 Å². The predicted octanol–water partition coefficient (Wildman–Crippen LogP) is 3.17. The molecule has 26 heavy (non-hydrogen) atoms. The molecule has 4 rings (SSSR count). The number of benzene rings is 1. The van der Waals surface area contributed by atoms with Crippen LogP contribution in [0.3, 0.4) is 0 Å². The highest BCUT2D eigenvalue weighted by atomic mass is 35.5. The Hall–Kier alpha value is -2.93. The van der Waals surface area contributed by atoms with Crippen molar-refractivity contribution in [1.82, 2.24) is 19.6 Å². The van der Waals surface area contributed by atoms with Crippen molar-refractivity contribution in [1.29, 1.82) is 0 Å². The lowest BCUT2D eigenvalue weighted by Gasteiger charge is -2.25. The zero-order valence-corrected chi connectivity index (χ0v) is 14.4. The van der Waals surface area contributed by atoms with Crippen LogP contribution in [-0.2, 0) is 0 Å². The maximum absolute atomic E-state index is 12.6. The van der Waals surface area contributed by atoms with Crippen molar-refractivity contribution in [3.8, 4) is 16.9 Å². The van der Waals surface area contributed by atoms with E-state index in [2.05, 4.69) is 10.2 Å². The molecule has 1 aliphatic carbocycles. The summed E-state index contributed by atoms with van der Waals surface area (Å²) >= 11 is 5.90. The van der Waals surface area contributed by atoms with Gasteiger partial charge in [-0.3, -0.25) is 9.48 Å². The maximum Gasteiger partial charge on any atom is 0.341 e. The van der Waals surface area contributed by atoms with E-state index in [0.717, 1.165) is 23.9 Å². The first-order valence-corrected chi connectivity index (χ1v) is 8.59. The lowest BCUT2D eigenvalue weighted by molar-refractivity contribution is 0.0694. The largest absolute Gasteiger partial charge is 0.477 e. The molecule has 0 spiro atoms. The van der Waals surface area contributed by atoms with Gasteiger partial charge in [-0.1, -0.05) is 23.7 Å². The molecule has 1 N–H and O–H groups in total. The summed E-state index contributed by atoms with van der Waals surface area (Å²) in [6, 6.07) is 8.43. The van der Waals surface area contributed by atoms with E-state index in [1.54, 1.807) is 30.5 Å². The van der Waals surface area contributed by atoms with Crippen LogP contribution in [-0.4, -0.2) is 30.6 Å². The number of rotatable bonds is 4. The molecule has 0 atom stereocenters. The normalized spacial score (nSPS) is 14.2. The molecule has 0 unspecified atom stereocenters. The van der Waals surface area contributed by atoms with Crippen LogP contribution < -0.4 is 5.56 Å². The Morgan fingerprint density at radius 3 is 2.58 bits per heavy atom. The molecule has 0 bridgehead atoms. The second-order valence-electron chi connectivity index (χ2n) is 6.24. The summed E-state index contributed by atoms with van der Waals surface area (Å²) in [5.74, 6) is -1.30. The van der Waals surface area contributed by atoms with Gasteiger partial charge in [0.25, 0.3) is 5.56 Å². The van der Waals surface area contributed by atoms with Crippen LogP contribution in [0.15, 0.2) is 47.5 Å². The van der Waals surface area contributed by atoms with E-state index >= 15 is 0 Å². The van der Waals surface area contributed by atoms with Crippen LogP contribution in [0.2, 0.25) is 5.02 Å². The molecule has 1 aromatic carbocycles. The zero-order chi connectivity index (χ0) is 18.3. The number of aromatic nitrogens is 4. The Labute approximate surface area is 153 Å². The summed E-state index contributed by atoms with van der Waals surface area (Å²) in [6.07, 6.45) is 6.52. The average Bonchev–Trinajstić information content (AvgIpc) is 3.03. The summed E-state index contributed by atoms with van der Waals surface area (Å²) in [7, 11) is 0. The number of aromatic carboxylic acids is 1. The van der Waals surface area contributed by atoms with E-state index in [4.69, 9.17) is 11.6 Å². The van der Waals surface area contributed by atoms with Gasteiger partial charge in [0, 0.05) is 10.6 Å². The topological polar surface area (TPSA) is 90.0 Å². The zero-order valence-electron chi connectivity index (χ0n) is 13.7. The van der Waals surface area contributed by atoms with Crippen LogP contribution in [0.25, 0.3) is 16.9 Å². The molecular formula is C18H15ClN4O3. The third-order valence-corrected chi connectivity index (χ3v) is 4.82. The molecule has 2 heterocycles. The fourth-order valence-electron chi connectivity index (χ4n) is 2.87. The average molecular weight is 371 g/mol. The molecule has 2 aromatic heterocycles. The summed E-state index contributed by atoms with van der Waals surface area (Å²) in [5.41, 5.74) is 0.442. The number of nitrogens with zero attached hydrogens (tertiary/aromatic N) is 4. The number of carboxylic acids is 1. The molecule has 7 nitrogen and oxygen atoms in total. The van der Waals surface area contributed by atoms with Gasteiger partial charge in [0.2, 0.25) is 0 Å². The second kappa shape index (κ2) is 6.42. The Bertz CT molecular complexity index is 1040. The molecule has 1 fully saturated rings. The molecule has 132 valence electrons. The quantitative estimate of drug-likeness (QED) is 0.761. The highest BCUT2D eigenvalue weighted by molar-refractivity contribution is 6.30. The highest BCUT2D eigenvalue weighted by Gasteiger charge is 2.22. The Kier molecular flexibility index (Phi) is 4.08. The molecular weight excluding hydrogens is 356 g/mol. The van der Waals surface area contributed by atoms with Crippen molar-refractivity contribution in [3.05, 3.63) is 63.7 Å². The predicted molar refractivity (Wildman–Crippen MR) is 95.9 cm³/mol. The number of hydrogen-bond donors (Lipinski definition) is 1. The van der Waals surface area contributed by atoms with Crippen molar-refractivity contribution in [2.24, 2.45) is 0 Å². The van der Waals surface area contributed by atoms with Crippen LogP contribution in [0.1, 0.15) is 35.7 Å². The standard InChI is InChI=1S/C18H15ClN4O3/c19-12-6-4-11(5-7-12)16-8-15(18(25)26)17(24)23(21-16)14-9-20-22(10-14)13-2-1-3-13/h4-10,13H,1-3H2,(H,25,26). The van der Waals surface area contributed by atoms with Crippen LogP contribution in [0.4, 0.5) is 0 Å². The first-order valence-electron chi connectivity index (χ1n) is 8.21. The Morgan fingerprint density at radius 1 is 1.23 bits per heavy atom. The number of carboxylic acid groups (broad SMARTS) is 1. The van der Waals surface area contributed by atoms with Gasteiger partial charge in [-0.2, -0.15) is 14.9 Å². The fraction of sp³-hybridized carbons (Fsp3) is 0.222. The summed E-state index contributed by atoms with van der Waals surface area (Å²) < 4.78 is 2.90. The number of halogens is 1. The molecule has 3 aromatic rings. The van der Waals surface area contributed by atoms with E-state index in [9.17, 15) is 14.7 Å². The van der Waals surface area contributed by atoms with Gasteiger partial charge >= 0.3 is 5.97 Å².